The molecule has 0 radical (unpaired) electrons. The van der Waals surface area contributed by atoms with Crippen LogP contribution in [0.2, 0.25) is 0 Å². The summed E-state index contributed by atoms with van der Waals surface area (Å²) in [5.41, 5.74) is 6.78. The van der Waals surface area contributed by atoms with E-state index in [2.05, 4.69) is 54.5 Å². The standard InChI is InChI=1S/C25H24N2O2S/c1-16-12-17(2)14-20(13-16)19-8-10-21-23(15-19)30-25(26-21)27-24(28)11-9-18-6-4-5-7-22(18)29-3/h4-8,10,12-15H,9,11H2,1-3H3,(H,26,27,28). The minimum atomic E-state index is -0.0468. The van der Waals surface area contributed by atoms with Crippen molar-refractivity contribution < 1.29 is 9.53 Å². The monoisotopic (exact) mass is 416 g/mol. The number of benzene rings is 3. The van der Waals surface area contributed by atoms with Crippen LogP contribution in [0.3, 0.4) is 0 Å². The van der Waals surface area contributed by atoms with Gasteiger partial charge in [0.05, 0.1) is 17.3 Å². The molecule has 4 rings (SSSR count). The molecular formula is C25H24N2O2S. The molecule has 0 aliphatic carbocycles. The van der Waals surface area contributed by atoms with Crippen LogP contribution in [0, 0.1) is 13.8 Å². The molecule has 0 spiro atoms. The van der Waals surface area contributed by atoms with E-state index in [0.717, 1.165) is 27.1 Å². The average molecular weight is 417 g/mol. The van der Waals surface area contributed by atoms with Gasteiger partial charge in [0.2, 0.25) is 5.91 Å². The third-order valence-corrected chi connectivity index (χ3v) is 5.94. The summed E-state index contributed by atoms with van der Waals surface area (Å²) >= 11 is 1.50. The smallest absolute Gasteiger partial charge is 0.226 e. The summed E-state index contributed by atoms with van der Waals surface area (Å²) < 4.78 is 6.42. The Hall–Kier alpha value is -3.18. The Kier molecular flexibility index (Phi) is 5.81. The van der Waals surface area contributed by atoms with Crippen molar-refractivity contribution in [3.05, 3.63) is 77.4 Å². The predicted molar refractivity (Wildman–Crippen MR) is 124 cm³/mol. The molecule has 0 aliphatic heterocycles. The SMILES string of the molecule is COc1ccccc1CCC(=O)Nc1nc2ccc(-c3cc(C)cc(C)c3)cc2s1. The van der Waals surface area contributed by atoms with E-state index >= 15 is 0 Å². The Morgan fingerprint density at radius 2 is 1.77 bits per heavy atom. The number of para-hydroxylation sites is 1. The molecule has 0 fully saturated rings. The highest BCUT2D eigenvalue weighted by molar-refractivity contribution is 7.22. The maximum absolute atomic E-state index is 12.4. The Balaban J connectivity index is 1.47. The fraction of sp³-hybridized carbons (Fsp3) is 0.200. The molecule has 3 aromatic carbocycles. The van der Waals surface area contributed by atoms with Crippen LogP contribution in [0.5, 0.6) is 5.75 Å². The zero-order chi connectivity index (χ0) is 21.1. The fourth-order valence-corrected chi connectivity index (χ4v) is 4.56. The third-order valence-electron chi connectivity index (χ3n) is 5.00. The Morgan fingerprint density at radius 3 is 2.53 bits per heavy atom. The molecule has 5 heteroatoms. The number of fused-ring (bicyclic) bond motifs is 1. The van der Waals surface area contributed by atoms with Crippen molar-refractivity contribution in [2.24, 2.45) is 0 Å². The first-order valence-corrected chi connectivity index (χ1v) is 10.7. The van der Waals surface area contributed by atoms with E-state index in [4.69, 9.17) is 4.74 Å². The van der Waals surface area contributed by atoms with E-state index in [1.807, 2.05) is 30.3 Å². The summed E-state index contributed by atoms with van der Waals surface area (Å²) in [5.74, 6) is 0.763. The van der Waals surface area contributed by atoms with Crippen molar-refractivity contribution in [2.45, 2.75) is 26.7 Å². The van der Waals surface area contributed by atoms with Crippen molar-refractivity contribution in [1.29, 1.82) is 0 Å². The Morgan fingerprint density at radius 1 is 1.00 bits per heavy atom. The number of thiazole rings is 1. The maximum Gasteiger partial charge on any atom is 0.226 e. The quantitative estimate of drug-likeness (QED) is 0.409. The van der Waals surface area contributed by atoms with Crippen LogP contribution in [0.25, 0.3) is 21.3 Å². The van der Waals surface area contributed by atoms with Crippen LogP contribution < -0.4 is 10.1 Å². The van der Waals surface area contributed by atoms with Gasteiger partial charge in [0.1, 0.15) is 5.75 Å². The Labute approximate surface area is 180 Å². The summed E-state index contributed by atoms with van der Waals surface area (Å²) in [5, 5.41) is 3.58. The first-order valence-electron chi connectivity index (χ1n) is 9.93. The van der Waals surface area contributed by atoms with E-state index in [-0.39, 0.29) is 5.91 Å². The molecular weight excluding hydrogens is 392 g/mol. The van der Waals surface area contributed by atoms with Crippen molar-refractivity contribution >= 4 is 32.6 Å². The number of nitrogens with one attached hydrogen (secondary N) is 1. The minimum Gasteiger partial charge on any atom is -0.496 e. The average Bonchev–Trinajstić information content (AvgIpc) is 3.13. The molecule has 4 nitrogen and oxygen atoms in total. The highest BCUT2D eigenvalue weighted by atomic mass is 32.1. The zero-order valence-corrected chi connectivity index (χ0v) is 18.2. The van der Waals surface area contributed by atoms with Gasteiger partial charge in [-0.25, -0.2) is 4.98 Å². The number of anilines is 1. The normalized spacial score (nSPS) is 10.9. The lowest BCUT2D eigenvalue weighted by Crippen LogP contribution is -2.12. The summed E-state index contributed by atoms with van der Waals surface area (Å²) in [6, 6.07) is 20.6. The Bertz CT molecular complexity index is 1190. The lowest BCUT2D eigenvalue weighted by molar-refractivity contribution is -0.116. The van der Waals surface area contributed by atoms with Crippen LogP contribution in [-0.2, 0) is 11.2 Å². The van der Waals surface area contributed by atoms with Crippen LogP contribution in [0.1, 0.15) is 23.1 Å². The summed E-state index contributed by atoms with van der Waals surface area (Å²) in [7, 11) is 1.65. The molecule has 0 atom stereocenters. The number of aryl methyl sites for hydroxylation is 3. The van der Waals surface area contributed by atoms with Crippen molar-refractivity contribution in [3.8, 4) is 16.9 Å². The number of ether oxygens (including phenoxy) is 1. The number of aromatic nitrogens is 1. The number of carbonyl (C=O) groups is 1. The highest BCUT2D eigenvalue weighted by Gasteiger charge is 2.11. The van der Waals surface area contributed by atoms with E-state index in [1.165, 1.54) is 28.0 Å². The molecule has 30 heavy (non-hydrogen) atoms. The van der Waals surface area contributed by atoms with Gasteiger partial charge in [0, 0.05) is 6.42 Å². The van der Waals surface area contributed by atoms with E-state index in [1.54, 1.807) is 7.11 Å². The van der Waals surface area contributed by atoms with E-state index < -0.39 is 0 Å². The number of methoxy groups -OCH3 is 1. The number of amides is 1. The summed E-state index contributed by atoms with van der Waals surface area (Å²) in [4.78, 5) is 17.0. The van der Waals surface area contributed by atoms with Gasteiger partial charge < -0.3 is 10.1 Å². The molecule has 152 valence electrons. The third kappa shape index (κ3) is 4.52. The van der Waals surface area contributed by atoms with Gasteiger partial charge in [-0.3, -0.25) is 4.79 Å². The summed E-state index contributed by atoms with van der Waals surface area (Å²) in [6.07, 6.45) is 1.00. The molecule has 0 unspecified atom stereocenters. The molecule has 1 heterocycles. The fourth-order valence-electron chi connectivity index (χ4n) is 3.64. The van der Waals surface area contributed by atoms with Crippen LogP contribution >= 0.6 is 11.3 Å². The predicted octanol–water partition coefficient (Wildman–Crippen LogP) is 6.16. The molecule has 1 amide bonds. The van der Waals surface area contributed by atoms with E-state index in [0.29, 0.717) is 18.0 Å². The maximum atomic E-state index is 12.4. The minimum absolute atomic E-state index is 0.0468. The summed E-state index contributed by atoms with van der Waals surface area (Å²) in [6.45, 7) is 4.22. The van der Waals surface area contributed by atoms with Crippen LogP contribution in [0.4, 0.5) is 5.13 Å². The largest absolute Gasteiger partial charge is 0.496 e. The molecule has 4 aromatic rings. The molecule has 0 saturated heterocycles. The van der Waals surface area contributed by atoms with E-state index in [9.17, 15) is 4.79 Å². The van der Waals surface area contributed by atoms with Gasteiger partial charge >= 0.3 is 0 Å². The van der Waals surface area contributed by atoms with Crippen molar-refractivity contribution in [2.75, 3.05) is 12.4 Å². The number of hydrogen-bond acceptors (Lipinski definition) is 4. The molecule has 0 aliphatic rings. The number of carbonyl (C=O) groups excluding carboxylic acids is 1. The topological polar surface area (TPSA) is 51.2 Å². The van der Waals surface area contributed by atoms with Gasteiger partial charge in [-0.2, -0.15) is 0 Å². The highest BCUT2D eigenvalue weighted by Crippen LogP contribution is 2.31. The first-order chi connectivity index (χ1) is 14.5. The molecule has 1 N–H and O–H groups in total. The number of nitrogens with zero attached hydrogens (tertiary/aromatic N) is 1. The molecule has 0 bridgehead atoms. The van der Waals surface area contributed by atoms with Crippen molar-refractivity contribution in [1.82, 2.24) is 4.98 Å². The van der Waals surface area contributed by atoms with Crippen LogP contribution in [0.15, 0.2) is 60.7 Å². The van der Waals surface area contributed by atoms with Gasteiger partial charge in [0.15, 0.2) is 5.13 Å². The van der Waals surface area contributed by atoms with Gasteiger partial charge in [-0.15, -0.1) is 0 Å². The second kappa shape index (κ2) is 8.67. The van der Waals surface area contributed by atoms with Gasteiger partial charge in [-0.05, 0) is 55.2 Å². The van der Waals surface area contributed by atoms with Crippen LogP contribution in [-0.4, -0.2) is 18.0 Å². The lowest BCUT2D eigenvalue weighted by atomic mass is 10.0. The number of rotatable bonds is 6. The number of hydrogen-bond donors (Lipinski definition) is 1. The lowest BCUT2D eigenvalue weighted by Gasteiger charge is -2.07. The second-order valence-corrected chi connectivity index (χ2v) is 8.47. The molecule has 0 saturated carbocycles. The molecule has 1 aromatic heterocycles. The van der Waals surface area contributed by atoms with Crippen molar-refractivity contribution in [3.63, 3.8) is 0 Å². The van der Waals surface area contributed by atoms with Gasteiger partial charge in [0.25, 0.3) is 0 Å². The van der Waals surface area contributed by atoms with Gasteiger partial charge in [-0.1, -0.05) is 64.9 Å². The zero-order valence-electron chi connectivity index (χ0n) is 17.4. The first kappa shape index (κ1) is 20.1. The second-order valence-electron chi connectivity index (χ2n) is 7.44.